The van der Waals surface area contributed by atoms with Crippen LogP contribution in [0, 0.1) is 17.3 Å². The number of aliphatic hydroxyl groups excluding tert-OH is 1. The largest absolute Gasteiger partial charge is 0.460 e. The van der Waals surface area contributed by atoms with Crippen LogP contribution in [0.15, 0.2) is 25.3 Å². The summed E-state index contributed by atoms with van der Waals surface area (Å²) in [6.07, 6.45) is 5.01. The van der Waals surface area contributed by atoms with Crippen molar-refractivity contribution in [1.29, 1.82) is 0 Å². The SMILES string of the molecule is C=CCCC(=O)NC[C@H](C)OC(=O)[C@H]1[C@@H]2O[C@@]3(CC2Br)[C@@H]1C(=O)N(CCCCO)[C@@H]3C(=O)N(CC=C)C(C)(C)CC(C)(C)C. The molecule has 1 unspecified atom stereocenters. The van der Waals surface area contributed by atoms with E-state index in [-0.39, 0.29) is 47.7 Å². The molecule has 0 aliphatic carbocycles. The maximum absolute atomic E-state index is 14.7. The van der Waals surface area contributed by atoms with Crippen molar-refractivity contribution in [3.05, 3.63) is 25.3 Å². The van der Waals surface area contributed by atoms with E-state index in [4.69, 9.17) is 9.47 Å². The first-order valence-electron chi connectivity index (χ1n) is 15.8. The molecule has 7 atom stereocenters. The van der Waals surface area contributed by atoms with E-state index < -0.39 is 47.2 Å². The van der Waals surface area contributed by atoms with Crippen molar-refractivity contribution < 1.29 is 33.8 Å². The van der Waals surface area contributed by atoms with E-state index in [0.29, 0.717) is 45.1 Å². The van der Waals surface area contributed by atoms with Crippen LogP contribution in [0.3, 0.4) is 0 Å². The Kier molecular flexibility index (Phi) is 11.9. The molecule has 11 heteroatoms. The lowest BCUT2D eigenvalue weighted by atomic mass is 9.70. The molecule has 3 rings (SSSR count). The number of aliphatic hydroxyl groups is 1. The summed E-state index contributed by atoms with van der Waals surface area (Å²) in [6, 6.07) is -0.942. The van der Waals surface area contributed by atoms with E-state index in [2.05, 4.69) is 55.2 Å². The zero-order valence-corrected chi connectivity index (χ0v) is 28.9. The number of fused-ring (bicyclic) bond motifs is 1. The monoisotopic (exact) mass is 681 g/mol. The van der Waals surface area contributed by atoms with Crippen LogP contribution in [0.2, 0.25) is 0 Å². The van der Waals surface area contributed by atoms with Crippen molar-refractivity contribution in [2.45, 2.75) is 114 Å². The van der Waals surface area contributed by atoms with E-state index in [1.807, 2.05) is 13.8 Å². The Bertz CT molecular complexity index is 1110. The van der Waals surface area contributed by atoms with Gasteiger partial charge in [0.1, 0.15) is 17.7 Å². The van der Waals surface area contributed by atoms with Gasteiger partial charge in [-0.2, -0.15) is 0 Å². The number of esters is 1. The highest BCUT2D eigenvalue weighted by molar-refractivity contribution is 9.09. The number of nitrogens with zero attached hydrogens (tertiary/aromatic N) is 2. The molecule has 3 amide bonds. The highest BCUT2D eigenvalue weighted by atomic mass is 79.9. The van der Waals surface area contributed by atoms with Crippen molar-refractivity contribution >= 4 is 39.6 Å². The van der Waals surface area contributed by atoms with Crippen LogP contribution < -0.4 is 5.32 Å². The highest BCUT2D eigenvalue weighted by Crippen LogP contribution is 2.60. The molecular formula is C33H52BrN3O7. The summed E-state index contributed by atoms with van der Waals surface area (Å²) in [5.41, 5.74) is -1.85. The fraction of sp³-hybridized carbons (Fsp3) is 0.758. The molecule has 3 aliphatic heterocycles. The summed E-state index contributed by atoms with van der Waals surface area (Å²) >= 11 is 3.70. The molecule has 248 valence electrons. The van der Waals surface area contributed by atoms with Crippen molar-refractivity contribution in [2.75, 3.05) is 26.2 Å². The van der Waals surface area contributed by atoms with Crippen LogP contribution in [0.4, 0.5) is 0 Å². The molecular weight excluding hydrogens is 630 g/mol. The molecule has 3 saturated heterocycles. The number of hydrogen-bond acceptors (Lipinski definition) is 7. The van der Waals surface area contributed by atoms with Gasteiger partial charge in [-0.3, -0.25) is 19.2 Å². The minimum absolute atomic E-state index is 0.0323. The van der Waals surface area contributed by atoms with Crippen molar-refractivity contribution in [1.82, 2.24) is 15.1 Å². The molecule has 3 fully saturated rings. The number of unbranched alkanes of at least 4 members (excludes halogenated alkanes) is 1. The van der Waals surface area contributed by atoms with Gasteiger partial charge in [0, 0.05) is 36.5 Å². The fourth-order valence-electron chi connectivity index (χ4n) is 7.52. The van der Waals surface area contributed by atoms with Gasteiger partial charge in [0.05, 0.1) is 24.5 Å². The Balaban J connectivity index is 1.95. The first-order valence-corrected chi connectivity index (χ1v) is 16.7. The van der Waals surface area contributed by atoms with Gasteiger partial charge in [-0.05, 0) is 58.3 Å². The predicted molar refractivity (Wildman–Crippen MR) is 172 cm³/mol. The summed E-state index contributed by atoms with van der Waals surface area (Å²) in [4.78, 5) is 57.9. The molecule has 3 heterocycles. The van der Waals surface area contributed by atoms with Crippen molar-refractivity contribution in [3.8, 4) is 0 Å². The summed E-state index contributed by atoms with van der Waals surface area (Å²) in [7, 11) is 0. The lowest BCUT2D eigenvalue weighted by Gasteiger charge is -2.45. The van der Waals surface area contributed by atoms with Gasteiger partial charge in [0.15, 0.2) is 0 Å². The van der Waals surface area contributed by atoms with Gasteiger partial charge in [0.25, 0.3) is 0 Å². The van der Waals surface area contributed by atoms with Crippen LogP contribution in [0.25, 0.3) is 0 Å². The number of amides is 3. The first-order chi connectivity index (χ1) is 20.5. The smallest absolute Gasteiger partial charge is 0.312 e. The number of ether oxygens (including phenoxy) is 2. The number of allylic oxidation sites excluding steroid dienone is 1. The van der Waals surface area contributed by atoms with Crippen molar-refractivity contribution in [2.24, 2.45) is 17.3 Å². The van der Waals surface area contributed by atoms with Crippen LogP contribution >= 0.6 is 15.9 Å². The van der Waals surface area contributed by atoms with E-state index >= 15 is 0 Å². The normalized spacial score (nSPS) is 28.4. The Hall–Kier alpha value is -2.24. The van der Waals surface area contributed by atoms with E-state index in [0.717, 1.165) is 0 Å². The lowest BCUT2D eigenvalue weighted by Crippen LogP contribution is -2.61. The average molecular weight is 683 g/mol. The summed E-state index contributed by atoms with van der Waals surface area (Å²) < 4.78 is 12.4. The van der Waals surface area contributed by atoms with Gasteiger partial charge < -0.3 is 29.7 Å². The van der Waals surface area contributed by atoms with Crippen molar-refractivity contribution in [3.63, 3.8) is 0 Å². The molecule has 2 N–H and O–H groups in total. The van der Waals surface area contributed by atoms with Gasteiger partial charge in [0.2, 0.25) is 17.7 Å². The lowest BCUT2D eigenvalue weighted by molar-refractivity contribution is -0.159. The third-order valence-electron chi connectivity index (χ3n) is 8.85. The number of hydrogen-bond donors (Lipinski definition) is 2. The molecule has 0 aromatic rings. The maximum Gasteiger partial charge on any atom is 0.312 e. The molecule has 44 heavy (non-hydrogen) atoms. The number of halogens is 1. The summed E-state index contributed by atoms with van der Waals surface area (Å²) in [5.74, 6) is -3.08. The minimum Gasteiger partial charge on any atom is -0.460 e. The molecule has 0 saturated carbocycles. The average Bonchev–Trinajstić information content (AvgIpc) is 3.51. The Morgan fingerprint density at radius 1 is 1.23 bits per heavy atom. The Morgan fingerprint density at radius 2 is 1.91 bits per heavy atom. The Labute approximate surface area is 271 Å². The van der Waals surface area contributed by atoms with Crippen LogP contribution in [-0.4, -0.2) is 99.1 Å². The van der Waals surface area contributed by atoms with E-state index in [9.17, 15) is 24.3 Å². The number of rotatable bonds is 16. The number of likely N-dealkylation sites (tertiary alicyclic amines) is 1. The summed E-state index contributed by atoms with van der Waals surface area (Å²) in [6.45, 7) is 20.3. The van der Waals surface area contributed by atoms with Crippen LogP contribution in [-0.2, 0) is 28.7 Å². The van der Waals surface area contributed by atoms with Gasteiger partial charge in [-0.1, -0.05) is 48.9 Å². The third kappa shape index (κ3) is 7.58. The molecule has 10 nitrogen and oxygen atoms in total. The van der Waals surface area contributed by atoms with Gasteiger partial charge >= 0.3 is 5.97 Å². The van der Waals surface area contributed by atoms with Crippen LogP contribution in [0.5, 0.6) is 0 Å². The second kappa shape index (κ2) is 14.5. The zero-order chi connectivity index (χ0) is 33.0. The predicted octanol–water partition coefficient (Wildman–Crippen LogP) is 3.75. The first kappa shape index (κ1) is 36.2. The number of nitrogens with one attached hydrogen (secondary N) is 1. The van der Waals surface area contributed by atoms with E-state index in [1.54, 1.807) is 28.9 Å². The highest BCUT2D eigenvalue weighted by Gasteiger charge is 2.77. The molecule has 0 aromatic carbocycles. The topological polar surface area (TPSA) is 125 Å². The second-order valence-corrected chi connectivity index (χ2v) is 15.5. The van der Waals surface area contributed by atoms with E-state index in [1.165, 1.54) is 0 Å². The molecule has 1 spiro atoms. The van der Waals surface area contributed by atoms with Gasteiger partial charge in [-0.25, -0.2) is 0 Å². The molecule has 3 aliphatic rings. The molecule has 2 bridgehead atoms. The maximum atomic E-state index is 14.7. The van der Waals surface area contributed by atoms with Crippen LogP contribution in [0.1, 0.15) is 80.1 Å². The Morgan fingerprint density at radius 3 is 2.50 bits per heavy atom. The standard InChI is InChI=1S/C33H52BrN3O7/c1-9-11-14-23(39)35-19-21(3)43-30(42)24-25-28(40)36(16-12-13-17-38)27(33(25)18-22(34)26(24)44-33)29(41)37(15-10-2)32(7,8)20-31(4,5)6/h9-10,21-22,24-27,38H,1-2,11-20H2,3-8H3,(H,35,39)/t21-,22?,24+,25-,26+,27+,33-/m0/s1. The third-order valence-corrected chi connectivity index (χ3v) is 9.70. The quantitative estimate of drug-likeness (QED) is 0.110. The zero-order valence-electron chi connectivity index (χ0n) is 27.3. The number of carbonyl (C=O) groups excluding carboxylic acids is 4. The number of alkyl halides is 1. The second-order valence-electron chi connectivity index (χ2n) is 14.3. The van der Waals surface area contributed by atoms with Gasteiger partial charge in [-0.15, -0.1) is 13.2 Å². The minimum atomic E-state index is -1.21. The fourth-order valence-corrected chi connectivity index (χ4v) is 8.46. The number of carbonyl (C=O) groups is 4. The molecule has 0 radical (unpaired) electrons. The summed E-state index contributed by atoms with van der Waals surface area (Å²) in [5, 5.41) is 12.2. The molecule has 0 aromatic heterocycles.